The molecule has 1 aromatic carbocycles. The number of rotatable bonds is 6. The van der Waals surface area contributed by atoms with Crippen molar-refractivity contribution in [3.63, 3.8) is 0 Å². The number of nitrogens with one attached hydrogen (secondary N) is 1. The molecule has 0 radical (unpaired) electrons. The van der Waals surface area contributed by atoms with Gasteiger partial charge in [0.15, 0.2) is 0 Å². The van der Waals surface area contributed by atoms with Gasteiger partial charge in [0.05, 0.1) is 5.92 Å². The fraction of sp³-hybridized carbons (Fsp3) is 0.588. The van der Waals surface area contributed by atoms with Gasteiger partial charge in [0.2, 0.25) is 5.91 Å². The van der Waals surface area contributed by atoms with Gasteiger partial charge in [-0.1, -0.05) is 31.9 Å². The van der Waals surface area contributed by atoms with Gasteiger partial charge >= 0.3 is 0 Å². The van der Waals surface area contributed by atoms with E-state index in [1.807, 2.05) is 37.7 Å². The molecule has 2 rings (SSSR count). The Balaban J connectivity index is 0.00000242. The predicted octanol–water partition coefficient (Wildman–Crippen LogP) is 4.21. The number of carbonyl (C=O) groups excluding carboxylic acids is 1. The number of hydrogen-bond donors (Lipinski definition) is 2. The minimum atomic E-state index is -0.179. The Hall–Kier alpha value is -0.710. The largest absolute Gasteiger partial charge is 0.327 e. The van der Waals surface area contributed by atoms with Crippen molar-refractivity contribution < 1.29 is 4.79 Å². The number of hydrogen-bond acceptors (Lipinski definition) is 3. The predicted molar refractivity (Wildman–Crippen MR) is 98.7 cm³/mol. The van der Waals surface area contributed by atoms with Crippen molar-refractivity contribution in [2.24, 2.45) is 11.7 Å². The average molecular weight is 343 g/mol. The van der Waals surface area contributed by atoms with E-state index in [2.05, 4.69) is 17.4 Å². The molecule has 1 aliphatic rings. The van der Waals surface area contributed by atoms with Crippen LogP contribution in [0.2, 0.25) is 0 Å². The molecule has 124 valence electrons. The Morgan fingerprint density at radius 3 is 2.68 bits per heavy atom. The minimum Gasteiger partial charge on any atom is -0.327 e. The summed E-state index contributed by atoms with van der Waals surface area (Å²) in [7, 11) is 0. The molecule has 2 unspecified atom stereocenters. The molecule has 0 spiro atoms. The van der Waals surface area contributed by atoms with E-state index >= 15 is 0 Å². The fourth-order valence-electron chi connectivity index (χ4n) is 2.50. The minimum absolute atomic E-state index is 0. The molecule has 3 nitrogen and oxygen atoms in total. The van der Waals surface area contributed by atoms with Crippen LogP contribution < -0.4 is 11.1 Å². The van der Waals surface area contributed by atoms with Gasteiger partial charge in [-0.25, -0.2) is 0 Å². The first-order chi connectivity index (χ1) is 10.1. The highest BCUT2D eigenvalue weighted by Crippen LogP contribution is 2.31. The van der Waals surface area contributed by atoms with E-state index in [0.717, 1.165) is 16.7 Å². The molecule has 1 amide bonds. The van der Waals surface area contributed by atoms with Crippen molar-refractivity contribution in [1.82, 2.24) is 0 Å². The monoisotopic (exact) mass is 342 g/mol. The lowest BCUT2D eigenvalue weighted by atomic mass is 10.0. The Labute approximate surface area is 144 Å². The van der Waals surface area contributed by atoms with Gasteiger partial charge in [-0.3, -0.25) is 4.79 Å². The molecule has 3 N–H and O–H groups in total. The zero-order chi connectivity index (χ0) is 15.2. The van der Waals surface area contributed by atoms with E-state index < -0.39 is 0 Å². The lowest BCUT2D eigenvalue weighted by Gasteiger charge is -2.16. The lowest BCUT2D eigenvalue weighted by molar-refractivity contribution is -0.119. The first-order valence-electron chi connectivity index (χ1n) is 7.83. The highest BCUT2D eigenvalue weighted by molar-refractivity contribution is 7.99. The second-order valence-electron chi connectivity index (χ2n) is 6.05. The number of benzene rings is 1. The van der Waals surface area contributed by atoms with Gasteiger partial charge < -0.3 is 11.1 Å². The van der Waals surface area contributed by atoms with Crippen LogP contribution >= 0.6 is 24.2 Å². The van der Waals surface area contributed by atoms with E-state index in [4.69, 9.17) is 5.73 Å². The summed E-state index contributed by atoms with van der Waals surface area (Å²) in [5.74, 6) is 0.837. The standard InChI is InChI=1S/C17H26N2OS.ClH/c1-12(13(2)18)17(20)19-15-7-5-6-14(10-15)11-21-16-8-3-4-9-16;/h5-7,10,12-13,16H,3-4,8-9,11,18H2,1-2H3,(H,19,20);1H. The molecule has 1 fully saturated rings. The normalized spacial score (nSPS) is 17.6. The zero-order valence-electron chi connectivity index (χ0n) is 13.4. The molecule has 1 aromatic rings. The molecule has 5 heteroatoms. The molecule has 2 atom stereocenters. The molecule has 0 saturated heterocycles. The van der Waals surface area contributed by atoms with Crippen molar-refractivity contribution in [2.45, 2.75) is 56.6 Å². The van der Waals surface area contributed by atoms with E-state index in [-0.39, 0.29) is 30.3 Å². The third-order valence-electron chi connectivity index (χ3n) is 4.18. The number of anilines is 1. The van der Waals surface area contributed by atoms with Crippen LogP contribution in [-0.2, 0) is 10.5 Å². The second kappa shape index (κ2) is 9.43. The number of thioether (sulfide) groups is 1. The summed E-state index contributed by atoms with van der Waals surface area (Å²) in [6.07, 6.45) is 5.46. The van der Waals surface area contributed by atoms with E-state index in [0.29, 0.717) is 0 Å². The van der Waals surface area contributed by atoms with Crippen LogP contribution in [0.25, 0.3) is 0 Å². The molecular formula is C17H27ClN2OS. The summed E-state index contributed by atoms with van der Waals surface area (Å²) in [5.41, 5.74) is 7.92. The highest BCUT2D eigenvalue weighted by atomic mass is 35.5. The Bertz CT molecular complexity index is 475. The number of carbonyl (C=O) groups is 1. The van der Waals surface area contributed by atoms with Crippen molar-refractivity contribution in [3.8, 4) is 0 Å². The quantitative estimate of drug-likeness (QED) is 0.814. The number of amides is 1. The van der Waals surface area contributed by atoms with E-state index in [9.17, 15) is 4.79 Å². The Morgan fingerprint density at radius 2 is 2.05 bits per heavy atom. The molecular weight excluding hydrogens is 316 g/mol. The van der Waals surface area contributed by atoms with Crippen LogP contribution in [-0.4, -0.2) is 17.2 Å². The highest BCUT2D eigenvalue weighted by Gasteiger charge is 2.17. The molecule has 1 saturated carbocycles. The van der Waals surface area contributed by atoms with Crippen LogP contribution in [0.5, 0.6) is 0 Å². The number of nitrogens with two attached hydrogens (primary N) is 1. The van der Waals surface area contributed by atoms with Crippen molar-refractivity contribution >= 4 is 35.8 Å². The molecule has 0 aliphatic heterocycles. The first kappa shape index (κ1) is 19.3. The van der Waals surface area contributed by atoms with Gasteiger partial charge in [-0.05, 0) is 37.5 Å². The summed E-state index contributed by atoms with van der Waals surface area (Å²) in [6.45, 7) is 3.72. The van der Waals surface area contributed by atoms with Crippen LogP contribution in [0.4, 0.5) is 5.69 Å². The maximum absolute atomic E-state index is 12.0. The van der Waals surface area contributed by atoms with Gasteiger partial charge in [0.25, 0.3) is 0 Å². The molecule has 0 bridgehead atoms. The molecule has 22 heavy (non-hydrogen) atoms. The van der Waals surface area contributed by atoms with E-state index in [1.165, 1.54) is 31.2 Å². The fourth-order valence-corrected chi connectivity index (χ4v) is 3.78. The number of halogens is 1. The molecule has 0 heterocycles. The van der Waals surface area contributed by atoms with Crippen molar-refractivity contribution in [3.05, 3.63) is 29.8 Å². The Morgan fingerprint density at radius 1 is 1.36 bits per heavy atom. The average Bonchev–Trinajstić information content (AvgIpc) is 2.98. The van der Waals surface area contributed by atoms with Gasteiger partial charge in [0, 0.05) is 22.7 Å². The van der Waals surface area contributed by atoms with Crippen molar-refractivity contribution in [1.29, 1.82) is 0 Å². The van der Waals surface area contributed by atoms with Gasteiger partial charge in [0.1, 0.15) is 0 Å². The topological polar surface area (TPSA) is 55.1 Å². The van der Waals surface area contributed by atoms with Crippen LogP contribution in [0, 0.1) is 5.92 Å². The smallest absolute Gasteiger partial charge is 0.228 e. The summed E-state index contributed by atoms with van der Waals surface area (Å²) < 4.78 is 0. The zero-order valence-corrected chi connectivity index (χ0v) is 15.0. The third kappa shape index (κ3) is 5.82. The molecule has 0 aromatic heterocycles. The van der Waals surface area contributed by atoms with Crippen LogP contribution in [0.15, 0.2) is 24.3 Å². The molecule has 1 aliphatic carbocycles. The van der Waals surface area contributed by atoms with Gasteiger partial charge in [-0.2, -0.15) is 11.8 Å². The second-order valence-corrected chi connectivity index (χ2v) is 7.34. The van der Waals surface area contributed by atoms with Crippen LogP contribution in [0.1, 0.15) is 45.1 Å². The Kier molecular flexibility index (Phi) is 8.29. The SMILES string of the molecule is CC(N)C(C)C(=O)Nc1cccc(CSC2CCCC2)c1.Cl. The summed E-state index contributed by atoms with van der Waals surface area (Å²) in [4.78, 5) is 12.0. The van der Waals surface area contributed by atoms with Crippen LogP contribution in [0.3, 0.4) is 0 Å². The first-order valence-corrected chi connectivity index (χ1v) is 8.88. The third-order valence-corrected chi connectivity index (χ3v) is 5.63. The van der Waals surface area contributed by atoms with Gasteiger partial charge in [-0.15, -0.1) is 12.4 Å². The summed E-state index contributed by atoms with van der Waals surface area (Å²) in [5, 5.41) is 3.78. The summed E-state index contributed by atoms with van der Waals surface area (Å²) >= 11 is 2.04. The maximum atomic E-state index is 12.0. The van der Waals surface area contributed by atoms with E-state index in [1.54, 1.807) is 0 Å². The maximum Gasteiger partial charge on any atom is 0.228 e. The lowest BCUT2D eigenvalue weighted by Crippen LogP contribution is -2.34. The summed E-state index contributed by atoms with van der Waals surface area (Å²) in [6, 6.07) is 8.03. The van der Waals surface area contributed by atoms with Crippen molar-refractivity contribution in [2.75, 3.05) is 5.32 Å².